The van der Waals surface area contributed by atoms with Crippen molar-refractivity contribution >= 4 is 23.1 Å². The molecule has 2 aliphatic rings. The van der Waals surface area contributed by atoms with Crippen LogP contribution in [0.3, 0.4) is 0 Å². The van der Waals surface area contributed by atoms with Crippen LogP contribution in [0.5, 0.6) is 0 Å². The number of aromatic nitrogens is 1. The van der Waals surface area contributed by atoms with Gasteiger partial charge < -0.3 is 21.1 Å². The lowest BCUT2D eigenvalue weighted by Crippen LogP contribution is -2.33. The molecule has 31 heavy (non-hydrogen) atoms. The van der Waals surface area contributed by atoms with Gasteiger partial charge in [-0.3, -0.25) is 0 Å². The molecular formula is C24H30ClN5O. The Bertz CT molecular complexity index is 930. The molecule has 4 rings (SSSR count). The number of rotatable bonds is 6. The number of benzene rings is 1. The van der Waals surface area contributed by atoms with Gasteiger partial charge >= 0.3 is 0 Å². The maximum absolute atomic E-state index is 9.55. The Kier molecular flexibility index (Phi) is 7.29. The summed E-state index contributed by atoms with van der Waals surface area (Å²) in [5.41, 5.74) is 9.35. The second-order valence-electron chi connectivity index (χ2n) is 8.65. The lowest BCUT2D eigenvalue weighted by molar-refractivity contribution is 0.0699. The van der Waals surface area contributed by atoms with Crippen molar-refractivity contribution in [3.8, 4) is 17.2 Å². The van der Waals surface area contributed by atoms with Crippen molar-refractivity contribution in [2.45, 2.75) is 50.6 Å². The predicted octanol–water partition coefficient (Wildman–Crippen LogP) is 4.79. The molecule has 1 saturated heterocycles. The van der Waals surface area contributed by atoms with E-state index in [1.807, 2.05) is 18.2 Å². The summed E-state index contributed by atoms with van der Waals surface area (Å²) in [6, 6.07) is 10.8. The van der Waals surface area contributed by atoms with Crippen LogP contribution < -0.4 is 16.4 Å². The lowest BCUT2D eigenvalue weighted by atomic mass is 9.92. The quantitative estimate of drug-likeness (QED) is 0.598. The van der Waals surface area contributed by atoms with E-state index in [1.165, 1.54) is 0 Å². The Balaban J connectivity index is 1.52. The normalized spacial score (nSPS) is 22.0. The van der Waals surface area contributed by atoms with Gasteiger partial charge in [0.15, 0.2) is 0 Å². The van der Waals surface area contributed by atoms with Gasteiger partial charge in [0.05, 0.1) is 16.7 Å². The third kappa shape index (κ3) is 5.88. The number of hydrogen-bond acceptors (Lipinski definition) is 6. The zero-order chi connectivity index (χ0) is 21.6. The summed E-state index contributed by atoms with van der Waals surface area (Å²) in [4.78, 5) is 4.47. The van der Waals surface area contributed by atoms with Crippen LogP contribution in [-0.2, 0) is 4.74 Å². The minimum atomic E-state index is 0.313. The standard InChI is InChI=1S/C24H30ClN5O/c25-23-15-29-24(30-20-3-1-19(27)2-4-20)12-22(23)18-9-17(13-26)10-21(11-18)28-14-16-5-7-31-8-6-16/h9-12,15-16,19-20,28H,1-8,14,27H2,(H,29,30). The molecular weight excluding hydrogens is 410 g/mol. The van der Waals surface area contributed by atoms with Crippen molar-refractivity contribution < 1.29 is 4.74 Å². The first-order valence-electron chi connectivity index (χ1n) is 11.2. The van der Waals surface area contributed by atoms with Crippen LogP contribution in [0.1, 0.15) is 44.1 Å². The molecule has 0 bridgehead atoms. The topological polar surface area (TPSA) is 96.0 Å². The van der Waals surface area contributed by atoms with Crippen molar-refractivity contribution in [1.82, 2.24) is 4.98 Å². The smallest absolute Gasteiger partial charge is 0.126 e. The molecule has 1 saturated carbocycles. The molecule has 1 aromatic carbocycles. The molecule has 0 radical (unpaired) electrons. The van der Waals surface area contributed by atoms with Gasteiger partial charge in [-0.1, -0.05) is 11.6 Å². The van der Waals surface area contributed by atoms with Crippen LogP contribution in [0.2, 0.25) is 5.02 Å². The number of hydrogen-bond donors (Lipinski definition) is 3. The molecule has 7 heteroatoms. The van der Waals surface area contributed by atoms with Crippen molar-refractivity contribution in [2.75, 3.05) is 30.4 Å². The SMILES string of the molecule is N#Cc1cc(NCC2CCOCC2)cc(-c2cc(NC3CCC(N)CC3)ncc2Cl)c1. The molecule has 164 valence electrons. The van der Waals surface area contributed by atoms with Gasteiger partial charge in [0.25, 0.3) is 0 Å². The number of halogens is 1. The number of nitrogens with two attached hydrogens (primary N) is 1. The van der Waals surface area contributed by atoms with Gasteiger partial charge in [-0.05, 0) is 74.3 Å². The highest BCUT2D eigenvalue weighted by atomic mass is 35.5. The van der Waals surface area contributed by atoms with Crippen LogP contribution in [0.15, 0.2) is 30.5 Å². The van der Waals surface area contributed by atoms with Gasteiger partial charge in [0.2, 0.25) is 0 Å². The number of nitriles is 1. The minimum Gasteiger partial charge on any atom is -0.385 e. The van der Waals surface area contributed by atoms with Crippen LogP contribution >= 0.6 is 11.6 Å². The molecule has 1 aromatic heterocycles. The molecule has 2 fully saturated rings. The van der Waals surface area contributed by atoms with Gasteiger partial charge in [-0.25, -0.2) is 4.98 Å². The van der Waals surface area contributed by atoms with Gasteiger partial charge in [0.1, 0.15) is 5.82 Å². The summed E-state index contributed by atoms with van der Waals surface area (Å²) in [6.45, 7) is 2.52. The number of ether oxygens (including phenoxy) is 1. The molecule has 0 unspecified atom stereocenters. The first-order chi connectivity index (χ1) is 15.1. The molecule has 1 aliphatic carbocycles. The van der Waals surface area contributed by atoms with Gasteiger partial charge in [-0.2, -0.15) is 5.26 Å². The zero-order valence-corrected chi connectivity index (χ0v) is 18.5. The van der Waals surface area contributed by atoms with Crippen LogP contribution in [0, 0.1) is 17.2 Å². The van der Waals surface area contributed by atoms with E-state index in [2.05, 4.69) is 27.8 Å². The van der Waals surface area contributed by atoms with E-state index in [0.29, 0.717) is 28.6 Å². The van der Waals surface area contributed by atoms with Crippen LogP contribution in [0.25, 0.3) is 11.1 Å². The van der Waals surface area contributed by atoms with E-state index in [-0.39, 0.29) is 0 Å². The number of pyridine rings is 1. The Hall–Kier alpha value is -2.33. The Morgan fingerprint density at radius 2 is 1.87 bits per heavy atom. The maximum Gasteiger partial charge on any atom is 0.126 e. The van der Waals surface area contributed by atoms with E-state index < -0.39 is 0 Å². The van der Waals surface area contributed by atoms with Crippen molar-refractivity contribution in [3.63, 3.8) is 0 Å². The summed E-state index contributed by atoms with van der Waals surface area (Å²) >= 11 is 6.52. The summed E-state index contributed by atoms with van der Waals surface area (Å²) in [7, 11) is 0. The summed E-state index contributed by atoms with van der Waals surface area (Å²) in [5, 5.41) is 17.2. The maximum atomic E-state index is 9.55. The van der Waals surface area contributed by atoms with E-state index >= 15 is 0 Å². The first kappa shape index (κ1) is 21.9. The highest BCUT2D eigenvalue weighted by Gasteiger charge is 2.19. The van der Waals surface area contributed by atoms with Crippen molar-refractivity contribution in [1.29, 1.82) is 5.26 Å². The third-order valence-electron chi connectivity index (χ3n) is 6.29. The van der Waals surface area contributed by atoms with Crippen LogP contribution in [-0.4, -0.2) is 36.8 Å². The highest BCUT2D eigenvalue weighted by Crippen LogP contribution is 2.33. The van der Waals surface area contributed by atoms with Crippen molar-refractivity contribution in [2.24, 2.45) is 11.7 Å². The fraction of sp³-hybridized carbons (Fsp3) is 0.500. The fourth-order valence-electron chi connectivity index (χ4n) is 4.37. The monoisotopic (exact) mass is 439 g/mol. The molecule has 0 spiro atoms. The highest BCUT2D eigenvalue weighted by molar-refractivity contribution is 6.33. The average molecular weight is 440 g/mol. The average Bonchev–Trinajstić information content (AvgIpc) is 2.81. The minimum absolute atomic E-state index is 0.313. The number of nitrogens with one attached hydrogen (secondary N) is 2. The van der Waals surface area contributed by atoms with E-state index in [1.54, 1.807) is 6.20 Å². The Morgan fingerprint density at radius 1 is 1.10 bits per heavy atom. The molecule has 0 atom stereocenters. The van der Waals surface area contributed by atoms with Gasteiger partial charge in [0, 0.05) is 49.3 Å². The van der Waals surface area contributed by atoms with E-state index in [9.17, 15) is 5.26 Å². The molecule has 2 aromatic rings. The largest absolute Gasteiger partial charge is 0.385 e. The van der Waals surface area contributed by atoms with E-state index in [0.717, 1.165) is 80.9 Å². The Labute approximate surface area is 189 Å². The second kappa shape index (κ2) is 10.3. The number of anilines is 2. The lowest BCUT2D eigenvalue weighted by Gasteiger charge is -2.27. The predicted molar refractivity (Wildman–Crippen MR) is 125 cm³/mol. The molecule has 0 amide bonds. The Morgan fingerprint density at radius 3 is 2.61 bits per heavy atom. The van der Waals surface area contributed by atoms with Gasteiger partial charge in [-0.15, -0.1) is 0 Å². The summed E-state index contributed by atoms with van der Waals surface area (Å²) in [6.07, 6.45) is 7.97. The third-order valence-corrected chi connectivity index (χ3v) is 6.59. The molecule has 2 heterocycles. The molecule has 6 nitrogen and oxygen atoms in total. The zero-order valence-electron chi connectivity index (χ0n) is 17.7. The summed E-state index contributed by atoms with van der Waals surface area (Å²) in [5.74, 6) is 1.39. The molecule has 1 aliphatic heterocycles. The summed E-state index contributed by atoms with van der Waals surface area (Å²) < 4.78 is 5.45. The second-order valence-corrected chi connectivity index (χ2v) is 9.06. The fourth-order valence-corrected chi connectivity index (χ4v) is 4.59. The van der Waals surface area contributed by atoms with Crippen molar-refractivity contribution in [3.05, 3.63) is 41.0 Å². The van der Waals surface area contributed by atoms with E-state index in [4.69, 9.17) is 22.1 Å². The van der Waals surface area contributed by atoms with Crippen LogP contribution in [0.4, 0.5) is 11.5 Å². The molecule has 4 N–H and O–H groups in total. The number of nitrogens with zero attached hydrogens (tertiary/aromatic N) is 2. The first-order valence-corrected chi connectivity index (χ1v) is 11.5.